The molecule has 1 aliphatic rings. The SMILES string of the molecule is CC1(C)N=C(c2cc3ncccc3nn2)c2ccccc2C1(C)C. The van der Waals surface area contributed by atoms with Gasteiger partial charge in [0.2, 0.25) is 0 Å². The van der Waals surface area contributed by atoms with E-state index >= 15 is 0 Å². The Morgan fingerprint density at radius 2 is 1.62 bits per heavy atom. The molecule has 0 spiro atoms. The maximum Gasteiger partial charge on any atom is 0.114 e. The molecule has 4 heteroatoms. The molecule has 3 aromatic rings. The van der Waals surface area contributed by atoms with Crippen LogP contribution in [0.15, 0.2) is 53.7 Å². The van der Waals surface area contributed by atoms with Crippen molar-refractivity contribution < 1.29 is 0 Å². The Hall–Kier alpha value is -2.62. The van der Waals surface area contributed by atoms with Gasteiger partial charge in [-0.05, 0) is 37.6 Å². The van der Waals surface area contributed by atoms with E-state index < -0.39 is 0 Å². The second-order valence-corrected chi connectivity index (χ2v) is 7.33. The van der Waals surface area contributed by atoms with Crippen LogP contribution in [0, 0.1) is 0 Å². The molecule has 0 unspecified atom stereocenters. The summed E-state index contributed by atoms with van der Waals surface area (Å²) in [5.41, 5.74) is 5.44. The number of hydrogen-bond donors (Lipinski definition) is 0. The van der Waals surface area contributed by atoms with E-state index in [0.29, 0.717) is 0 Å². The average molecular weight is 316 g/mol. The number of pyridine rings is 1. The number of fused-ring (bicyclic) bond motifs is 2. The van der Waals surface area contributed by atoms with Gasteiger partial charge in [-0.15, -0.1) is 10.2 Å². The van der Waals surface area contributed by atoms with E-state index in [1.165, 1.54) is 5.56 Å². The molecule has 0 saturated heterocycles. The summed E-state index contributed by atoms with van der Waals surface area (Å²) in [6, 6.07) is 14.2. The van der Waals surface area contributed by atoms with E-state index in [-0.39, 0.29) is 11.0 Å². The van der Waals surface area contributed by atoms with Gasteiger partial charge in [0, 0.05) is 17.2 Å². The molecule has 120 valence electrons. The third kappa shape index (κ3) is 2.06. The second-order valence-electron chi connectivity index (χ2n) is 7.33. The first-order valence-corrected chi connectivity index (χ1v) is 8.19. The van der Waals surface area contributed by atoms with E-state index in [1.807, 2.05) is 18.2 Å². The summed E-state index contributed by atoms with van der Waals surface area (Å²) in [4.78, 5) is 9.47. The fraction of sp³-hybridized carbons (Fsp3) is 0.300. The molecule has 1 aliphatic heterocycles. The van der Waals surface area contributed by atoms with Crippen LogP contribution in [0.2, 0.25) is 0 Å². The van der Waals surface area contributed by atoms with Crippen molar-refractivity contribution in [1.82, 2.24) is 15.2 Å². The highest BCUT2D eigenvalue weighted by molar-refractivity contribution is 6.14. The number of benzene rings is 1. The van der Waals surface area contributed by atoms with Crippen LogP contribution in [0.1, 0.15) is 44.5 Å². The zero-order chi connectivity index (χ0) is 16.9. The molecule has 0 bridgehead atoms. The normalized spacial score (nSPS) is 18.1. The standard InChI is InChI=1S/C20H20N4/c1-19(2)14-9-6-5-8-13(14)18(22-20(19,3)4)17-12-16-15(23-24-17)10-7-11-21-16/h5-12H,1-4H3. The number of nitrogens with zero attached hydrogens (tertiary/aromatic N) is 4. The minimum Gasteiger partial charge on any atom is -0.275 e. The van der Waals surface area contributed by atoms with Crippen LogP contribution in [0.5, 0.6) is 0 Å². The Morgan fingerprint density at radius 3 is 2.46 bits per heavy atom. The fourth-order valence-corrected chi connectivity index (χ4v) is 3.23. The minimum absolute atomic E-state index is 0.0599. The van der Waals surface area contributed by atoms with Crippen molar-refractivity contribution >= 4 is 16.7 Å². The molecular formula is C20H20N4. The Labute approximate surface area is 141 Å². The maximum absolute atomic E-state index is 5.07. The highest BCUT2D eigenvalue weighted by Crippen LogP contribution is 2.43. The van der Waals surface area contributed by atoms with Crippen molar-refractivity contribution in [2.75, 3.05) is 0 Å². The molecule has 24 heavy (non-hydrogen) atoms. The lowest BCUT2D eigenvalue weighted by Gasteiger charge is -2.44. The summed E-state index contributed by atoms with van der Waals surface area (Å²) in [5.74, 6) is 0. The first kappa shape index (κ1) is 14.9. The first-order valence-electron chi connectivity index (χ1n) is 8.19. The van der Waals surface area contributed by atoms with Crippen LogP contribution in [0.25, 0.3) is 11.0 Å². The van der Waals surface area contributed by atoms with Gasteiger partial charge in [0.05, 0.1) is 16.8 Å². The van der Waals surface area contributed by atoms with E-state index in [9.17, 15) is 0 Å². The Kier molecular flexibility index (Phi) is 3.07. The van der Waals surface area contributed by atoms with Gasteiger partial charge in [0.1, 0.15) is 11.2 Å². The van der Waals surface area contributed by atoms with Gasteiger partial charge >= 0.3 is 0 Å². The molecule has 0 saturated carbocycles. The third-order valence-corrected chi connectivity index (χ3v) is 5.37. The van der Waals surface area contributed by atoms with Gasteiger partial charge in [0.15, 0.2) is 0 Å². The van der Waals surface area contributed by atoms with Crippen LogP contribution in [-0.2, 0) is 5.41 Å². The smallest absolute Gasteiger partial charge is 0.114 e. The Balaban J connectivity index is 1.98. The van der Waals surface area contributed by atoms with Gasteiger partial charge in [-0.3, -0.25) is 9.98 Å². The third-order valence-electron chi connectivity index (χ3n) is 5.37. The van der Waals surface area contributed by atoms with Crippen LogP contribution < -0.4 is 0 Å². The molecule has 0 atom stereocenters. The lowest BCUT2D eigenvalue weighted by atomic mass is 9.66. The summed E-state index contributed by atoms with van der Waals surface area (Å²) < 4.78 is 0. The van der Waals surface area contributed by atoms with E-state index in [1.54, 1.807) is 6.20 Å². The van der Waals surface area contributed by atoms with Crippen molar-refractivity contribution in [2.45, 2.75) is 38.6 Å². The molecule has 3 heterocycles. The predicted molar refractivity (Wildman–Crippen MR) is 96.5 cm³/mol. The maximum atomic E-state index is 5.07. The molecule has 4 rings (SSSR count). The van der Waals surface area contributed by atoms with Crippen LogP contribution in [0.3, 0.4) is 0 Å². The first-order chi connectivity index (χ1) is 11.4. The highest BCUT2D eigenvalue weighted by Gasteiger charge is 2.43. The van der Waals surface area contributed by atoms with Gasteiger partial charge in [-0.1, -0.05) is 38.1 Å². The zero-order valence-electron chi connectivity index (χ0n) is 14.4. The summed E-state index contributed by atoms with van der Waals surface area (Å²) in [7, 11) is 0. The monoisotopic (exact) mass is 316 g/mol. The van der Waals surface area contributed by atoms with Crippen molar-refractivity contribution in [3.63, 3.8) is 0 Å². The molecule has 4 nitrogen and oxygen atoms in total. The zero-order valence-corrected chi connectivity index (χ0v) is 14.4. The van der Waals surface area contributed by atoms with Crippen molar-refractivity contribution in [1.29, 1.82) is 0 Å². The average Bonchev–Trinajstić information content (AvgIpc) is 2.58. The minimum atomic E-state index is -0.239. The number of aliphatic imine (C=N–C) groups is 1. The fourth-order valence-electron chi connectivity index (χ4n) is 3.23. The van der Waals surface area contributed by atoms with Gasteiger partial charge in [-0.25, -0.2) is 0 Å². The molecule has 0 N–H and O–H groups in total. The summed E-state index contributed by atoms with van der Waals surface area (Å²) >= 11 is 0. The molecule has 0 amide bonds. The van der Waals surface area contributed by atoms with E-state index in [2.05, 4.69) is 67.1 Å². The van der Waals surface area contributed by atoms with Crippen molar-refractivity contribution in [3.05, 3.63) is 65.5 Å². The summed E-state index contributed by atoms with van der Waals surface area (Å²) in [6.07, 6.45) is 1.78. The topological polar surface area (TPSA) is 51.0 Å². The number of rotatable bonds is 1. The molecule has 0 fully saturated rings. The quantitative estimate of drug-likeness (QED) is 0.683. The van der Waals surface area contributed by atoms with Gasteiger partial charge in [-0.2, -0.15) is 0 Å². The highest BCUT2D eigenvalue weighted by atomic mass is 15.1. The molecule has 2 aromatic heterocycles. The number of aromatic nitrogens is 3. The lowest BCUT2D eigenvalue weighted by Crippen LogP contribution is -2.46. The van der Waals surface area contributed by atoms with Crippen LogP contribution in [-0.4, -0.2) is 26.4 Å². The predicted octanol–water partition coefficient (Wildman–Crippen LogP) is 3.93. The molecule has 0 aliphatic carbocycles. The van der Waals surface area contributed by atoms with Crippen LogP contribution in [0.4, 0.5) is 0 Å². The molecule has 0 radical (unpaired) electrons. The van der Waals surface area contributed by atoms with Crippen molar-refractivity contribution in [3.8, 4) is 0 Å². The lowest BCUT2D eigenvalue weighted by molar-refractivity contribution is 0.303. The summed E-state index contributed by atoms with van der Waals surface area (Å²) in [6.45, 7) is 8.85. The van der Waals surface area contributed by atoms with Gasteiger partial charge in [0.25, 0.3) is 0 Å². The summed E-state index contributed by atoms with van der Waals surface area (Å²) in [5, 5.41) is 8.74. The van der Waals surface area contributed by atoms with Gasteiger partial charge < -0.3 is 0 Å². The van der Waals surface area contributed by atoms with E-state index in [4.69, 9.17) is 4.99 Å². The molecule has 1 aromatic carbocycles. The van der Waals surface area contributed by atoms with Crippen LogP contribution >= 0.6 is 0 Å². The Bertz CT molecular complexity index is 970. The number of hydrogen-bond acceptors (Lipinski definition) is 4. The molecular weight excluding hydrogens is 296 g/mol. The second kappa shape index (κ2) is 4.94. The largest absolute Gasteiger partial charge is 0.275 e. The van der Waals surface area contributed by atoms with E-state index in [0.717, 1.165) is 28.0 Å². The Morgan fingerprint density at radius 1 is 0.833 bits per heavy atom. The van der Waals surface area contributed by atoms with Crippen molar-refractivity contribution in [2.24, 2.45) is 4.99 Å².